The molecule has 0 saturated carbocycles. The molecule has 0 aromatic heterocycles. The number of hydrogen-bond acceptors (Lipinski definition) is 3. The smallest absolute Gasteiger partial charge is 0.232 e. The Balaban J connectivity index is 2.16. The molecule has 0 saturated heterocycles. The van der Waals surface area contributed by atoms with Gasteiger partial charge in [-0.25, -0.2) is 8.42 Å². The molecule has 2 aromatic rings. The van der Waals surface area contributed by atoms with Crippen molar-refractivity contribution in [1.29, 1.82) is 0 Å². The zero-order chi connectivity index (χ0) is 19.8. The summed E-state index contributed by atoms with van der Waals surface area (Å²) in [6.07, 6.45) is 1.77. The van der Waals surface area contributed by atoms with Gasteiger partial charge < -0.3 is 4.90 Å². The highest BCUT2D eigenvalue weighted by Gasteiger charge is 2.39. The Morgan fingerprint density at radius 3 is 2.26 bits per heavy atom. The van der Waals surface area contributed by atoms with Crippen molar-refractivity contribution in [1.82, 2.24) is 0 Å². The van der Waals surface area contributed by atoms with Crippen molar-refractivity contribution < 1.29 is 13.2 Å². The zero-order valence-corrected chi connectivity index (χ0v) is 17.0. The maximum absolute atomic E-state index is 12.8. The molecule has 0 aliphatic carbocycles. The molecule has 27 heavy (non-hydrogen) atoms. The molecule has 0 bridgehead atoms. The van der Waals surface area contributed by atoms with Crippen LogP contribution in [0.4, 0.5) is 11.4 Å². The largest absolute Gasteiger partial charge is 0.309 e. The fourth-order valence-electron chi connectivity index (χ4n) is 3.80. The van der Waals surface area contributed by atoms with Gasteiger partial charge in [0.1, 0.15) is 0 Å². The predicted molar refractivity (Wildman–Crippen MR) is 109 cm³/mol. The Morgan fingerprint density at radius 1 is 1.07 bits per heavy atom. The maximum atomic E-state index is 12.8. The lowest BCUT2D eigenvalue weighted by atomic mass is 9.90. The lowest BCUT2D eigenvalue weighted by Crippen LogP contribution is -2.48. The molecule has 144 valence electrons. The standard InChI is InChI=1S/C21H26N2O3S/c1-15(2)21(24)22-16(3)14-20(18-12-8-9-13-19(18)22)23(27(4,25)26)17-10-6-5-7-11-17/h5-13,15-16,20H,14H2,1-4H3/t16-,20-/m1/s1. The van der Waals surface area contributed by atoms with E-state index in [-0.39, 0.29) is 23.9 Å². The second kappa shape index (κ2) is 7.35. The molecule has 3 rings (SSSR count). The molecule has 1 amide bonds. The quantitative estimate of drug-likeness (QED) is 0.799. The number of para-hydroxylation sites is 2. The number of amides is 1. The molecule has 2 aromatic carbocycles. The average molecular weight is 387 g/mol. The minimum Gasteiger partial charge on any atom is -0.309 e. The number of carbonyl (C=O) groups is 1. The first-order chi connectivity index (χ1) is 12.7. The Labute approximate surface area is 161 Å². The summed E-state index contributed by atoms with van der Waals surface area (Å²) in [5, 5.41) is 0. The summed E-state index contributed by atoms with van der Waals surface area (Å²) in [5.41, 5.74) is 2.29. The maximum Gasteiger partial charge on any atom is 0.232 e. The normalized spacial score (nSPS) is 19.7. The lowest BCUT2D eigenvalue weighted by Gasteiger charge is -2.43. The molecule has 0 spiro atoms. The van der Waals surface area contributed by atoms with E-state index in [0.29, 0.717) is 12.1 Å². The molecule has 2 atom stereocenters. The van der Waals surface area contributed by atoms with Gasteiger partial charge in [0.15, 0.2) is 0 Å². The molecular weight excluding hydrogens is 360 g/mol. The molecular formula is C21H26N2O3S. The molecule has 0 unspecified atom stereocenters. The molecule has 1 aliphatic heterocycles. The number of fused-ring (bicyclic) bond motifs is 1. The van der Waals surface area contributed by atoms with Gasteiger partial charge in [-0.15, -0.1) is 0 Å². The Morgan fingerprint density at radius 2 is 1.67 bits per heavy atom. The average Bonchev–Trinajstić information content (AvgIpc) is 2.61. The van der Waals surface area contributed by atoms with E-state index in [2.05, 4.69) is 0 Å². The minimum absolute atomic E-state index is 0.0546. The number of rotatable bonds is 4. The van der Waals surface area contributed by atoms with Crippen molar-refractivity contribution in [3.05, 3.63) is 60.2 Å². The lowest BCUT2D eigenvalue weighted by molar-refractivity contribution is -0.122. The molecule has 5 nitrogen and oxygen atoms in total. The molecule has 6 heteroatoms. The van der Waals surface area contributed by atoms with Crippen molar-refractivity contribution >= 4 is 27.3 Å². The monoisotopic (exact) mass is 386 g/mol. The SMILES string of the molecule is CC(C)C(=O)N1c2ccccc2[C@H](N(c2ccccc2)S(C)(=O)=O)C[C@H]1C. The highest BCUT2D eigenvalue weighted by Crippen LogP contribution is 2.43. The Hall–Kier alpha value is -2.34. The Bertz CT molecular complexity index is 925. The second-order valence-electron chi connectivity index (χ2n) is 7.42. The van der Waals surface area contributed by atoms with Gasteiger partial charge in [-0.2, -0.15) is 0 Å². The van der Waals surface area contributed by atoms with E-state index in [9.17, 15) is 13.2 Å². The van der Waals surface area contributed by atoms with Gasteiger partial charge in [-0.3, -0.25) is 9.10 Å². The van der Waals surface area contributed by atoms with Gasteiger partial charge in [0, 0.05) is 17.6 Å². The minimum atomic E-state index is -3.51. The van der Waals surface area contributed by atoms with Gasteiger partial charge in [0.25, 0.3) is 0 Å². The van der Waals surface area contributed by atoms with Crippen LogP contribution in [0.1, 0.15) is 38.8 Å². The van der Waals surface area contributed by atoms with Crippen LogP contribution in [0.15, 0.2) is 54.6 Å². The van der Waals surface area contributed by atoms with Crippen LogP contribution in [0.3, 0.4) is 0 Å². The second-order valence-corrected chi connectivity index (χ2v) is 9.28. The van der Waals surface area contributed by atoms with E-state index < -0.39 is 10.0 Å². The molecule has 1 aliphatic rings. The van der Waals surface area contributed by atoms with Crippen LogP contribution in [0.5, 0.6) is 0 Å². The fourth-order valence-corrected chi connectivity index (χ4v) is 4.96. The van der Waals surface area contributed by atoms with Crippen molar-refractivity contribution in [3.8, 4) is 0 Å². The van der Waals surface area contributed by atoms with E-state index in [1.165, 1.54) is 10.6 Å². The topological polar surface area (TPSA) is 57.7 Å². The summed E-state index contributed by atoms with van der Waals surface area (Å²) in [6, 6.07) is 16.3. The summed E-state index contributed by atoms with van der Waals surface area (Å²) >= 11 is 0. The molecule has 0 radical (unpaired) electrons. The van der Waals surface area contributed by atoms with Crippen molar-refractivity contribution in [3.63, 3.8) is 0 Å². The third-order valence-corrected chi connectivity index (χ3v) is 6.12. The highest BCUT2D eigenvalue weighted by molar-refractivity contribution is 7.92. The first-order valence-corrected chi connectivity index (χ1v) is 11.0. The van der Waals surface area contributed by atoms with Crippen LogP contribution < -0.4 is 9.21 Å². The summed E-state index contributed by atoms with van der Waals surface area (Å²) in [4.78, 5) is 14.6. The van der Waals surface area contributed by atoms with E-state index in [1.54, 1.807) is 12.1 Å². The number of carbonyl (C=O) groups excluding carboxylic acids is 1. The molecule has 1 heterocycles. The van der Waals surface area contributed by atoms with E-state index in [4.69, 9.17) is 0 Å². The first-order valence-electron chi connectivity index (χ1n) is 9.18. The van der Waals surface area contributed by atoms with Crippen molar-refractivity contribution in [2.75, 3.05) is 15.5 Å². The summed E-state index contributed by atoms with van der Waals surface area (Å²) in [7, 11) is -3.51. The number of hydrogen-bond donors (Lipinski definition) is 0. The van der Waals surface area contributed by atoms with Crippen LogP contribution in [-0.4, -0.2) is 26.6 Å². The van der Waals surface area contributed by atoms with Crippen LogP contribution >= 0.6 is 0 Å². The predicted octanol–water partition coefficient (Wildman–Crippen LogP) is 3.98. The van der Waals surface area contributed by atoms with E-state index in [0.717, 1.165) is 11.3 Å². The van der Waals surface area contributed by atoms with Crippen LogP contribution in [0, 0.1) is 5.92 Å². The fraction of sp³-hybridized carbons (Fsp3) is 0.381. The number of sulfonamides is 1. The summed E-state index contributed by atoms with van der Waals surface area (Å²) < 4.78 is 26.9. The number of nitrogens with zero attached hydrogens (tertiary/aromatic N) is 2. The third kappa shape index (κ3) is 3.72. The van der Waals surface area contributed by atoms with Gasteiger partial charge in [-0.1, -0.05) is 50.2 Å². The first kappa shape index (κ1) is 19.4. The number of benzene rings is 2. The van der Waals surface area contributed by atoms with Crippen molar-refractivity contribution in [2.24, 2.45) is 5.92 Å². The van der Waals surface area contributed by atoms with E-state index >= 15 is 0 Å². The van der Waals surface area contributed by atoms with Crippen LogP contribution in [0.25, 0.3) is 0 Å². The van der Waals surface area contributed by atoms with Gasteiger partial charge in [0.05, 0.1) is 18.0 Å². The van der Waals surface area contributed by atoms with Gasteiger partial charge >= 0.3 is 0 Å². The third-order valence-electron chi connectivity index (χ3n) is 4.94. The highest BCUT2D eigenvalue weighted by atomic mass is 32.2. The summed E-state index contributed by atoms with van der Waals surface area (Å²) in [6.45, 7) is 5.75. The van der Waals surface area contributed by atoms with Crippen LogP contribution in [-0.2, 0) is 14.8 Å². The van der Waals surface area contributed by atoms with E-state index in [1.807, 2.05) is 68.1 Å². The zero-order valence-electron chi connectivity index (χ0n) is 16.2. The molecule has 0 fully saturated rings. The summed E-state index contributed by atoms with van der Waals surface area (Å²) in [5.74, 6) is -0.0730. The number of anilines is 2. The van der Waals surface area contributed by atoms with Crippen molar-refractivity contribution in [2.45, 2.75) is 39.3 Å². The van der Waals surface area contributed by atoms with Crippen LogP contribution in [0.2, 0.25) is 0 Å². The molecule has 0 N–H and O–H groups in total. The van der Waals surface area contributed by atoms with Gasteiger partial charge in [-0.05, 0) is 37.1 Å². The Kier molecular flexibility index (Phi) is 5.29. The van der Waals surface area contributed by atoms with Gasteiger partial charge in [0.2, 0.25) is 15.9 Å².